The van der Waals surface area contributed by atoms with Crippen molar-refractivity contribution < 1.29 is 0 Å². The first-order chi connectivity index (χ1) is 6.65. The molecule has 0 amide bonds. The average molecular weight is 193 g/mol. The lowest BCUT2D eigenvalue weighted by Gasteiger charge is -2.48. The van der Waals surface area contributed by atoms with E-state index >= 15 is 0 Å². The van der Waals surface area contributed by atoms with Crippen molar-refractivity contribution in [2.24, 2.45) is 0 Å². The highest BCUT2D eigenvalue weighted by atomic mass is 15.3. The van der Waals surface area contributed by atoms with Crippen LogP contribution in [0.4, 0.5) is 0 Å². The Morgan fingerprint density at radius 2 is 2.21 bits per heavy atom. The molecule has 0 aromatic carbocycles. The van der Waals surface area contributed by atoms with Gasteiger partial charge in [0.25, 0.3) is 0 Å². The van der Waals surface area contributed by atoms with E-state index in [1.807, 2.05) is 0 Å². The molecule has 0 aromatic heterocycles. The third-order valence-corrected chi connectivity index (χ3v) is 3.30. The topological polar surface area (TPSA) is 39.1 Å². The molecule has 0 bridgehead atoms. The molecule has 1 saturated carbocycles. The summed E-state index contributed by atoms with van der Waals surface area (Å²) in [6, 6.07) is 3.49. The van der Waals surface area contributed by atoms with Crippen molar-refractivity contribution in [2.45, 2.75) is 50.7 Å². The zero-order valence-corrected chi connectivity index (χ0v) is 9.08. The normalized spacial score (nSPS) is 32.5. The number of nitrogens with zero attached hydrogens (tertiary/aromatic N) is 2. The van der Waals surface area contributed by atoms with E-state index < -0.39 is 0 Å². The van der Waals surface area contributed by atoms with Gasteiger partial charge in [-0.1, -0.05) is 0 Å². The largest absolute Gasteiger partial charge is 0.313 e. The summed E-state index contributed by atoms with van der Waals surface area (Å²) in [4.78, 5) is 2.58. The third-order valence-electron chi connectivity index (χ3n) is 3.30. The molecule has 2 rings (SSSR count). The van der Waals surface area contributed by atoms with Crippen molar-refractivity contribution in [1.82, 2.24) is 10.2 Å². The molecule has 1 N–H and O–H groups in total. The first-order valence-corrected chi connectivity index (χ1v) is 5.51. The summed E-state index contributed by atoms with van der Waals surface area (Å²) >= 11 is 0. The Morgan fingerprint density at radius 3 is 2.79 bits per heavy atom. The minimum absolute atomic E-state index is 0.223. The number of hydrogen-bond acceptors (Lipinski definition) is 3. The number of nitrogens with one attached hydrogen (secondary N) is 1. The van der Waals surface area contributed by atoms with E-state index in [0.717, 1.165) is 19.1 Å². The van der Waals surface area contributed by atoms with Crippen LogP contribution in [0.5, 0.6) is 0 Å². The van der Waals surface area contributed by atoms with Crippen LogP contribution in [0.3, 0.4) is 0 Å². The van der Waals surface area contributed by atoms with E-state index in [1.165, 1.54) is 12.8 Å². The molecular weight excluding hydrogens is 174 g/mol. The summed E-state index contributed by atoms with van der Waals surface area (Å²) in [5.41, 5.74) is 0.223. The van der Waals surface area contributed by atoms with Crippen molar-refractivity contribution >= 4 is 0 Å². The molecule has 1 aliphatic carbocycles. The van der Waals surface area contributed by atoms with Crippen LogP contribution < -0.4 is 5.32 Å². The highest BCUT2D eigenvalue weighted by molar-refractivity contribution is 5.03. The van der Waals surface area contributed by atoms with Crippen molar-refractivity contribution in [2.75, 3.05) is 13.1 Å². The van der Waals surface area contributed by atoms with Crippen LogP contribution in [0, 0.1) is 11.3 Å². The first-order valence-electron chi connectivity index (χ1n) is 5.51. The molecule has 2 aliphatic rings. The second-order valence-corrected chi connectivity index (χ2v) is 5.10. The second kappa shape index (κ2) is 3.52. The summed E-state index contributed by atoms with van der Waals surface area (Å²) in [7, 11) is 0. The van der Waals surface area contributed by atoms with Gasteiger partial charge in [-0.05, 0) is 26.7 Å². The van der Waals surface area contributed by atoms with Crippen molar-refractivity contribution in [1.29, 1.82) is 5.26 Å². The van der Waals surface area contributed by atoms with Crippen molar-refractivity contribution in [3.05, 3.63) is 0 Å². The Kier molecular flexibility index (Phi) is 2.50. The molecule has 1 aliphatic heterocycles. The van der Waals surface area contributed by atoms with Gasteiger partial charge < -0.3 is 5.32 Å². The Labute approximate surface area is 86.1 Å². The van der Waals surface area contributed by atoms with E-state index in [2.05, 4.69) is 30.1 Å². The molecule has 1 saturated heterocycles. The molecule has 78 valence electrons. The Bertz CT molecular complexity index is 250. The summed E-state index contributed by atoms with van der Waals surface area (Å²) in [5.74, 6) is 0. The lowest BCUT2D eigenvalue weighted by atomic mass is 9.94. The van der Waals surface area contributed by atoms with E-state index in [-0.39, 0.29) is 5.54 Å². The number of piperazine rings is 1. The first kappa shape index (κ1) is 9.95. The summed E-state index contributed by atoms with van der Waals surface area (Å²) in [5, 5.41) is 12.2. The van der Waals surface area contributed by atoms with Crippen LogP contribution in [0.1, 0.15) is 33.1 Å². The molecule has 0 spiro atoms. The van der Waals surface area contributed by atoms with Crippen LogP contribution in [-0.4, -0.2) is 35.6 Å². The SMILES string of the molecule is CC1(C)CNCC(CC#N)N1C1CC1. The van der Waals surface area contributed by atoms with Crippen molar-refractivity contribution in [3.63, 3.8) is 0 Å². The zero-order valence-electron chi connectivity index (χ0n) is 9.08. The predicted molar refractivity (Wildman–Crippen MR) is 55.8 cm³/mol. The number of nitriles is 1. The summed E-state index contributed by atoms with van der Waals surface area (Å²) in [6.07, 6.45) is 3.31. The average Bonchev–Trinajstić information content (AvgIpc) is 2.87. The second-order valence-electron chi connectivity index (χ2n) is 5.10. The number of hydrogen-bond donors (Lipinski definition) is 1. The molecule has 1 unspecified atom stereocenters. The monoisotopic (exact) mass is 193 g/mol. The Hall–Kier alpha value is -0.590. The van der Waals surface area contributed by atoms with Crippen LogP contribution >= 0.6 is 0 Å². The molecule has 0 radical (unpaired) electrons. The molecule has 2 fully saturated rings. The van der Waals surface area contributed by atoms with Crippen LogP contribution in [0.25, 0.3) is 0 Å². The van der Waals surface area contributed by atoms with Crippen LogP contribution in [0.2, 0.25) is 0 Å². The van der Waals surface area contributed by atoms with Gasteiger partial charge in [0.05, 0.1) is 12.5 Å². The molecule has 3 nitrogen and oxygen atoms in total. The highest BCUT2D eigenvalue weighted by Crippen LogP contribution is 2.36. The van der Waals surface area contributed by atoms with E-state index in [4.69, 9.17) is 5.26 Å². The van der Waals surface area contributed by atoms with Gasteiger partial charge in [0.1, 0.15) is 0 Å². The highest BCUT2D eigenvalue weighted by Gasteiger charge is 2.44. The fraction of sp³-hybridized carbons (Fsp3) is 0.909. The molecule has 14 heavy (non-hydrogen) atoms. The molecule has 1 heterocycles. The van der Waals surface area contributed by atoms with Gasteiger partial charge in [0, 0.05) is 30.7 Å². The van der Waals surface area contributed by atoms with Gasteiger partial charge in [-0.2, -0.15) is 5.26 Å². The van der Waals surface area contributed by atoms with Crippen LogP contribution in [0.15, 0.2) is 0 Å². The fourth-order valence-electron chi connectivity index (χ4n) is 2.65. The van der Waals surface area contributed by atoms with Gasteiger partial charge in [-0.15, -0.1) is 0 Å². The maximum absolute atomic E-state index is 8.80. The minimum atomic E-state index is 0.223. The predicted octanol–water partition coefficient (Wildman–Crippen LogP) is 1.11. The smallest absolute Gasteiger partial charge is 0.0638 e. The number of rotatable bonds is 2. The van der Waals surface area contributed by atoms with Gasteiger partial charge in [-0.3, -0.25) is 4.90 Å². The summed E-state index contributed by atoms with van der Waals surface area (Å²) in [6.45, 7) is 6.59. The van der Waals surface area contributed by atoms with E-state index in [0.29, 0.717) is 12.5 Å². The van der Waals surface area contributed by atoms with Crippen LogP contribution in [-0.2, 0) is 0 Å². The van der Waals surface area contributed by atoms with Crippen molar-refractivity contribution in [3.8, 4) is 6.07 Å². The Morgan fingerprint density at radius 1 is 1.50 bits per heavy atom. The van der Waals surface area contributed by atoms with Gasteiger partial charge in [-0.25, -0.2) is 0 Å². The van der Waals surface area contributed by atoms with E-state index in [9.17, 15) is 0 Å². The lowest BCUT2D eigenvalue weighted by Crippen LogP contribution is -2.63. The quantitative estimate of drug-likeness (QED) is 0.714. The third kappa shape index (κ3) is 1.77. The maximum atomic E-state index is 8.80. The molecule has 3 heteroatoms. The Balaban J connectivity index is 2.11. The molecule has 0 aromatic rings. The molecular formula is C11H19N3. The van der Waals surface area contributed by atoms with Gasteiger partial charge in [0.2, 0.25) is 0 Å². The molecule has 1 atom stereocenters. The summed E-state index contributed by atoms with van der Waals surface area (Å²) < 4.78 is 0. The van der Waals surface area contributed by atoms with Gasteiger partial charge in [0.15, 0.2) is 0 Å². The van der Waals surface area contributed by atoms with Gasteiger partial charge >= 0.3 is 0 Å². The minimum Gasteiger partial charge on any atom is -0.313 e. The van der Waals surface area contributed by atoms with E-state index in [1.54, 1.807) is 0 Å². The maximum Gasteiger partial charge on any atom is 0.0638 e. The lowest BCUT2D eigenvalue weighted by molar-refractivity contribution is 0.0308. The fourth-order valence-corrected chi connectivity index (χ4v) is 2.65. The standard InChI is InChI=1S/C11H19N3/c1-11(2)8-13-7-10(5-6-12)14(11)9-3-4-9/h9-10,13H,3-5,7-8H2,1-2H3. The zero-order chi connectivity index (χ0) is 10.2.